The van der Waals surface area contributed by atoms with Crippen molar-refractivity contribution in [1.29, 1.82) is 0 Å². The van der Waals surface area contributed by atoms with Gasteiger partial charge in [-0.15, -0.1) is 0 Å². The molecule has 19 heavy (non-hydrogen) atoms. The molecule has 0 saturated carbocycles. The van der Waals surface area contributed by atoms with Crippen LogP contribution in [-0.4, -0.2) is 17.4 Å². The van der Waals surface area contributed by atoms with Gasteiger partial charge in [0.25, 0.3) is 0 Å². The molecule has 1 rings (SSSR count). The van der Waals surface area contributed by atoms with Crippen LogP contribution in [0.25, 0.3) is 0 Å². The molecular formula is C12H16F3N3O. The van der Waals surface area contributed by atoms with Crippen LogP contribution in [0, 0.1) is 5.92 Å². The molecule has 0 radical (unpaired) electrons. The number of rotatable bonds is 5. The number of alkyl halides is 3. The van der Waals surface area contributed by atoms with Gasteiger partial charge in [0.05, 0.1) is 11.9 Å². The molecule has 3 N–H and O–H groups in total. The molecule has 1 heterocycles. The summed E-state index contributed by atoms with van der Waals surface area (Å²) >= 11 is 0. The molecule has 0 aliphatic carbocycles. The van der Waals surface area contributed by atoms with Crippen LogP contribution in [0.15, 0.2) is 18.3 Å². The van der Waals surface area contributed by atoms with Gasteiger partial charge in [-0.25, -0.2) is 4.98 Å². The van der Waals surface area contributed by atoms with E-state index in [2.05, 4.69) is 10.3 Å². The van der Waals surface area contributed by atoms with Crippen molar-refractivity contribution in [3.05, 3.63) is 24.0 Å². The third-order valence-corrected chi connectivity index (χ3v) is 2.61. The van der Waals surface area contributed by atoms with E-state index in [-0.39, 0.29) is 17.5 Å². The van der Waals surface area contributed by atoms with Crippen LogP contribution in [0.1, 0.15) is 25.5 Å². The Hall–Kier alpha value is -1.63. The number of aromatic nitrogens is 1. The Labute approximate surface area is 109 Å². The number of nitrogens with two attached hydrogens (primary N) is 1. The minimum atomic E-state index is -4.48. The Kier molecular flexibility index (Phi) is 5.29. The first-order valence-corrected chi connectivity index (χ1v) is 5.88. The van der Waals surface area contributed by atoms with Crippen LogP contribution >= 0.6 is 0 Å². The molecule has 0 aliphatic heterocycles. The molecule has 1 aromatic heterocycles. The number of carbonyl (C=O) groups is 1. The van der Waals surface area contributed by atoms with Crippen molar-refractivity contribution in [3.8, 4) is 0 Å². The topological polar surface area (TPSA) is 68.0 Å². The number of hydrogen-bond donors (Lipinski definition) is 2. The van der Waals surface area contributed by atoms with E-state index < -0.39 is 11.9 Å². The van der Waals surface area contributed by atoms with Crippen molar-refractivity contribution in [3.63, 3.8) is 0 Å². The second-order valence-electron chi connectivity index (χ2n) is 4.25. The molecule has 7 heteroatoms. The Bertz CT molecular complexity index is 417. The minimum Gasteiger partial charge on any atom is -0.330 e. The van der Waals surface area contributed by atoms with Gasteiger partial charge in [-0.3, -0.25) is 4.79 Å². The van der Waals surface area contributed by atoms with Gasteiger partial charge in [-0.05, 0) is 31.5 Å². The Balaban J connectivity index is 2.60. The summed E-state index contributed by atoms with van der Waals surface area (Å²) in [6.07, 6.45) is -2.12. The predicted molar refractivity (Wildman–Crippen MR) is 65.3 cm³/mol. The number of anilines is 1. The standard InChI is InChI=1S/C12H16F3N3O/c1-8(3-2-6-16)11(19)18-9-4-5-10(17-7-9)12(13,14)15/h4-5,7-8H,2-3,6,16H2,1H3,(H,18,19). The summed E-state index contributed by atoms with van der Waals surface area (Å²) in [5.41, 5.74) is 4.60. The molecule has 1 amide bonds. The van der Waals surface area contributed by atoms with E-state index in [0.717, 1.165) is 18.7 Å². The van der Waals surface area contributed by atoms with Gasteiger partial charge in [0, 0.05) is 5.92 Å². The van der Waals surface area contributed by atoms with Crippen molar-refractivity contribution in [2.75, 3.05) is 11.9 Å². The van der Waals surface area contributed by atoms with E-state index in [4.69, 9.17) is 5.73 Å². The SMILES string of the molecule is CC(CCCN)C(=O)Nc1ccc(C(F)(F)F)nc1. The van der Waals surface area contributed by atoms with Gasteiger partial charge < -0.3 is 11.1 Å². The largest absolute Gasteiger partial charge is 0.433 e. The third-order valence-electron chi connectivity index (χ3n) is 2.61. The number of hydrogen-bond acceptors (Lipinski definition) is 3. The van der Waals surface area contributed by atoms with Crippen molar-refractivity contribution >= 4 is 11.6 Å². The van der Waals surface area contributed by atoms with E-state index in [1.807, 2.05) is 0 Å². The first kappa shape index (κ1) is 15.4. The molecule has 0 saturated heterocycles. The molecule has 0 aromatic carbocycles. The average molecular weight is 275 g/mol. The van der Waals surface area contributed by atoms with Crippen LogP contribution in [0.3, 0.4) is 0 Å². The van der Waals surface area contributed by atoms with Crippen LogP contribution in [0.4, 0.5) is 18.9 Å². The summed E-state index contributed by atoms with van der Waals surface area (Å²) in [4.78, 5) is 15.0. The predicted octanol–water partition coefficient (Wildman–Crippen LogP) is 2.41. The lowest BCUT2D eigenvalue weighted by atomic mass is 10.0. The van der Waals surface area contributed by atoms with Crippen molar-refractivity contribution in [2.24, 2.45) is 11.7 Å². The maximum Gasteiger partial charge on any atom is 0.433 e. The summed E-state index contributed by atoms with van der Waals surface area (Å²) in [6.45, 7) is 2.24. The first-order valence-electron chi connectivity index (χ1n) is 5.88. The van der Waals surface area contributed by atoms with Gasteiger partial charge >= 0.3 is 6.18 Å². The van der Waals surface area contributed by atoms with Crippen LogP contribution in [0.2, 0.25) is 0 Å². The van der Waals surface area contributed by atoms with Gasteiger partial charge in [-0.1, -0.05) is 6.92 Å². The molecule has 1 atom stereocenters. The van der Waals surface area contributed by atoms with Gasteiger partial charge in [-0.2, -0.15) is 13.2 Å². The number of amides is 1. The van der Waals surface area contributed by atoms with Crippen LogP contribution < -0.4 is 11.1 Å². The highest BCUT2D eigenvalue weighted by atomic mass is 19.4. The lowest BCUT2D eigenvalue weighted by Gasteiger charge is -2.12. The number of nitrogens with one attached hydrogen (secondary N) is 1. The van der Waals surface area contributed by atoms with Crippen LogP contribution in [-0.2, 0) is 11.0 Å². The molecule has 0 fully saturated rings. The first-order chi connectivity index (χ1) is 8.84. The molecule has 0 aliphatic rings. The Morgan fingerprint density at radius 1 is 1.47 bits per heavy atom. The van der Waals surface area contributed by atoms with Gasteiger partial charge in [0.1, 0.15) is 5.69 Å². The molecule has 4 nitrogen and oxygen atoms in total. The van der Waals surface area contributed by atoms with E-state index in [1.54, 1.807) is 6.92 Å². The Morgan fingerprint density at radius 2 is 2.16 bits per heavy atom. The summed E-state index contributed by atoms with van der Waals surface area (Å²) < 4.78 is 36.9. The average Bonchev–Trinajstić information content (AvgIpc) is 2.35. The van der Waals surface area contributed by atoms with E-state index in [0.29, 0.717) is 13.0 Å². The van der Waals surface area contributed by atoms with Crippen molar-refractivity contribution < 1.29 is 18.0 Å². The van der Waals surface area contributed by atoms with E-state index in [1.165, 1.54) is 6.07 Å². The Morgan fingerprint density at radius 3 is 2.63 bits per heavy atom. The fraction of sp³-hybridized carbons (Fsp3) is 0.500. The molecule has 1 unspecified atom stereocenters. The van der Waals surface area contributed by atoms with Crippen LogP contribution in [0.5, 0.6) is 0 Å². The van der Waals surface area contributed by atoms with Gasteiger partial charge in [0.2, 0.25) is 5.91 Å². The minimum absolute atomic E-state index is 0.245. The molecular weight excluding hydrogens is 259 g/mol. The summed E-state index contributed by atoms with van der Waals surface area (Å²) in [6, 6.07) is 2.02. The zero-order valence-corrected chi connectivity index (χ0v) is 10.5. The van der Waals surface area contributed by atoms with Crippen molar-refractivity contribution in [1.82, 2.24) is 4.98 Å². The number of halogens is 3. The molecule has 0 bridgehead atoms. The fourth-order valence-corrected chi connectivity index (χ4v) is 1.46. The highest BCUT2D eigenvalue weighted by Gasteiger charge is 2.32. The normalized spacial score (nSPS) is 13.1. The fourth-order valence-electron chi connectivity index (χ4n) is 1.46. The molecule has 1 aromatic rings. The quantitative estimate of drug-likeness (QED) is 0.867. The maximum atomic E-state index is 12.3. The summed E-state index contributed by atoms with van der Waals surface area (Å²) in [5, 5.41) is 2.52. The van der Waals surface area contributed by atoms with Crippen molar-refractivity contribution in [2.45, 2.75) is 25.9 Å². The monoisotopic (exact) mass is 275 g/mol. The number of pyridine rings is 1. The number of carbonyl (C=O) groups excluding carboxylic acids is 1. The second kappa shape index (κ2) is 6.51. The second-order valence-corrected chi connectivity index (χ2v) is 4.25. The third kappa shape index (κ3) is 4.86. The van der Waals surface area contributed by atoms with E-state index in [9.17, 15) is 18.0 Å². The lowest BCUT2D eigenvalue weighted by molar-refractivity contribution is -0.141. The zero-order chi connectivity index (χ0) is 14.5. The number of nitrogens with zero attached hydrogens (tertiary/aromatic N) is 1. The lowest BCUT2D eigenvalue weighted by Crippen LogP contribution is -2.21. The van der Waals surface area contributed by atoms with E-state index >= 15 is 0 Å². The highest BCUT2D eigenvalue weighted by molar-refractivity contribution is 5.92. The molecule has 106 valence electrons. The van der Waals surface area contributed by atoms with Gasteiger partial charge in [0.15, 0.2) is 0 Å². The highest BCUT2D eigenvalue weighted by Crippen LogP contribution is 2.27. The smallest absolute Gasteiger partial charge is 0.330 e. The maximum absolute atomic E-state index is 12.3. The summed E-state index contributed by atoms with van der Waals surface area (Å²) in [7, 11) is 0. The summed E-state index contributed by atoms with van der Waals surface area (Å²) in [5.74, 6) is -0.499. The zero-order valence-electron chi connectivity index (χ0n) is 10.5. The molecule has 0 spiro atoms.